The Kier molecular flexibility index (Phi) is 6.85. The number of rotatable bonds is 1. The number of aliphatic hydroxyl groups is 7. The molecule has 13 heteroatoms. The number of hydrogen-bond donors (Lipinski definition) is 8. The van der Waals surface area contributed by atoms with Crippen molar-refractivity contribution < 1.29 is 60.3 Å². The molecule has 0 aromatic carbocycles. The number of aromatic nitrogens is 4. The van der Waals surface area contributed by atoms with Crippen LogP contribution in [-0.2, 0) is 19.5 Å². The Labute approximate surface area is 337 Å². The summed E-state index contributed by atoms with van der Waals surface area (Å²) in [5.41, 5.74) is 8.03. The molecule has 0 saturated heterocycles. The first-order valence-electron chi connectivity index (χ1n) is 19.5. The SMILES string of the molecule is Oc1c(C2C=CC3(O)CC23)c2cc3nc(cc4[n-]c(cc5nc(cc1[n-]2)C1=C5C2C=CC1C(O)C2O)c1c4C2C=CC1C(O)C2O)C1=C3C2C=CC1C(O)C2O.[Zn+2]. The third kappa shape index (κ3) is 4.23. The van der Waals surface area contributed by atoms with Crippen molar-refractivity contribution in [2.24, 2.45) is 29.6 Å². The third-order valence-electron chi connectivity index (χ3n) is 14.6. The van der Waals surface area contributed by atoms with Gasteiger partial charge in [0.2, 0.25) is 0 Å². The Bertz CT molecular complexity index is 2760. The van der Waals surface area contributed by atoms with Gasteiger partial charge < -0.3 is 50.8 Å². The molecule has 8 N–H and O–H groups in total. The van der Waals surface area contributed by atoms with E-state index in [1.165, 1.54) is 0 Å². The van der Waals surface area contributed by atoms with Gasteiger partial charge in [-0.25, -0.2) is 9.97 Å². The largest absolute Gasteiger partial charge is 2.00 e. The van der Waals surface area contributed by atoms with Gasteiger partial charge in [-0.2, -0.15) is 0 Å². The monoisotopic (exact) mass is 812 g/mol. The van der Waals surface area contributed by atoms with Gasteiger partial charge in [-0.15, -0.1) is 16.6 Å². The summed E-state index contributed by atoms with van der Waals surface area (Å²) in [6, 6.07) is 7.25. The maximum atomic E-state index is 12.1. The van der Waals surface area contributed by atoms with Crippen molar-refractivity contribution in [2.45, 2.75) is 66.4 Å². The van der Waals surface area contributed by atoms with Gasteiger partial charge in [0.25, 0.3) is 0 Å². The van der Waals surface area contributed by atoms with E-state index >= 15 is 0 Å². The summed E-state index contributed by atoms with van der Waals surface area (Å²) >= 11 is 0. The van der Waals surface area contributed by atoms with Gasteiger partial charge in [0, 0.05) is 47.3 Å². The summed E-state index contributed by atoms with van der Waals surface area (Å²) in [6.07, 6.45) is 9.31. The van der Waals surface area contributed by atoms with Crippen LogP contribution in [0.3, 0.4) is 0 Å². The Hall–Kier alpha value is -4.30. The van der Waals surface area contributed by atoms with Gasteiger partial charge in [0.15, 0.2) is 0 Å². The van der Waals surface area contributed by atoms with Crippen LogP contribution >= 0.6 is 0 Å². The Morgan fingerprint density at radius 2 is 0.825 bits per heavy atom. The molecule has 0 spiro atoms. The molecule has 15 atom stereocenters. The summed E-state index contributed by atoms with van der Waals surface area (Å²) in [5, 5.41) is 90.8. The molecule has 2 aliphatic heterocycles. The zero-order valence-corrected chi connectivity index (χ0v) is 33.3. The second-order valence-electron chi connectivity index (χ2n) is 17.3. The summed E-state index contributed by atoms with van der Waals surface area (Å²) in [5.74, 6) is -3.85. The van der Waals surface area contributed by atoms with Gasteiger partial charge in [0.05, 0.1) is 65.0 Å². The van der Waals surface area contributed by atoms with E-state index in [1.54, 1.807) is 12.1 Å². The topological polar surface area (TPSA) is 216 Å². The number of fused-ring (bicyclic) bond motifs is 12. The fraction of sp³-hybridized carbons (Fsp3) is 0.364. The van der Waals surface area contributed by atoms with E-state index in [4.69, 9.17) is 19.9 Å². The normalized spacial score (nSPS) is 40.4. The minimum Gasteiger partial charge on any atom is -0.657 e. The third-order valence-corrected chi connectivity index (χ3v) is 14.6. The molecule has 14 bridgehead atoms. The van der Waals surface area contributed by atoms with Crippen molar-refractivity contribution in [3.8, 4) is 5.75 Å². The van der Waals surface area contributed by atoms with E-state index in [0.717, 1.165) is 33.4 Å². The van der Waals surface area contributed by atoms with Crippen LogP contribution in [-0.4, -0.2) is 93.0 Å². The molecule has 1 fully saturated rings. The van der Waals surface area contributed by atoms with Crippen LogP contribution in [0.15, 0.2) is 72.9 Å². The standard InChI is InChI=1S/C44H36N4O8.Zn/c49-37-15-1-2-16(38(37)50)31-23-10-25-33-18-5-6-20(42(54)40(18)52)35(33)27(47-25)12-29-43(55)36(14-7-8-44(56)13-21(14)44)28(48-29)11-26-34-19-4-3-17(39(51)41(19)53)32(34)24(46-26)9-22(45-23)30(15)31;/h1-12,14-21,37-42,49-54,56H,13H2,(H-2,45,46,47,48,55);/q-2;+2. The summed E-state index contributed by atoms with van der Waals surface area (Å²) in [7, 11) is 0. The van der Waals surface area contributed by atoms with Crippen LogP contribution in [0.4, 0.5) is 0 Å². The number of aliphatic hydroxyl groups excluding tert-OH is 6. The summed E-state index contributed by atoms with van der Waals surface area (Å²) < 4.78 is 0. The molecule has 15 unspecified atom stereocenters. The van der Waals surface area contributed by atoms with Crippen LogP contribution in [0.1, 0.15) is 63.6 Å². The van der Waals surface area contributed by atoms with Gasteiger partial charge in [-0.1, -0.05) is 83.5 Å². The molecule has 3 aromatic rings. The van der Waals surface area contributed by atoms with E-state index in [1.807, 2.05) is 60.7 Å². The molecular weight excluding hydrogens is 778 g/mol. The first-order chi connectivity index (χ1) is 27.0. The van der Waals surface area contributed by atoms with E-state index in [9.17, 15) is 40.9 Å². The molecule has 12 nitrogen and oxygen atoms in total. The number of hydrogen-bond acceptors (Lipinski definition) is 10. The van der Waals surface area contributed by atoms with E-state index in [0.29, 0.717) is 51.3 Å². The molecule has 3 aromatic heterocycles. The molecule has 13 aliphatic rings. The molecular formula is C44H36N4O8Zn. The smallest absolute Gasteiger partial charge is 0.657 e. The molecule has 1 saturated carbocycles. The molecule has 0 radical (unpaired) electrons. The zero-order chi connectivity index (χ0) is 37.8. The maximum absolute atomic E-state index is 12.1. The van der Waals surface area contributed by atoms with Crippen molar-refractivity contribution in [3.63, 3.8) is 0 Å². The summed E-state index contributed by atoms with van der Waals surface area (Å²) in [4.78, 5) is 20.5. The van der Waals surface area contributed by atoms with Crippen LogP contribution in [0, 0.1) is 29.6 Å². The second-order valence-corrected chi connectivity index (χ2v) is 17.3. The fourth-order valence-electron chi connectivity index (χ4n) is 11.8. The minimum absolute atomic E-state index is 0. The van der Waals surface area contributed by atoms with E-state index < -0.39 is 77.7 Å². The molecule has 57 heavy (non-hydrogen) atoms. The predicted molar refractivity (Wildman–Crippen MR) is 202 cm³/mol. The zero-order valence-electron chi connectivity index (χ0n) is 30.3. The van der Waals surface area contributed by atoms with Crippen molar-refractivity contribution in [3.05, 3.63) is 112 Å². The Balaban J connectivity index is 0.00000356. The van der Waals surface area contributed by atoms with Crippen molar-refractivity contribution in [1.29, 1.82) is 0 Å². The van der Waals surface area contributed by atoms with Gasteiger partial charge in [-0.05, 0) is 40.3 Å². The van der Waals surface area contributed by atoms with Crippen molar-refractivity contribution in [1.82, 2.24) is 19.9 Å². The molecule has 16 rings (SSSR count). The average Bonchev–Trinajstić information content (AvgIpc) is 3.67. The molecule has 5 heterocycles. The second kappa shape index (κ2) is 11.2. The van der Waals surface area contributed by atoms with Gasteiger partial charge in [0.1, 0.15) is 5.75 Å². The van der Waals surface area contributed by atoms with Crippen LogP contribution in [0.2, 0.25) is 0 Å². The predicted octanol–water partition coefficient (Wildman–Crippen LogP) is 2.05. The van der Waals surface area contributed by atoms with Crippen LogP contribution in [0.25, 0.3) is 44.4 Å². The fourth-order valence-corrected chi connectivity index (χ4v) is 11.8. The van der Waals surface area contributed by atoms with Crippen LogP contribution in [0.5, 0.6) is 5.75 Å². The molecule has 11 aliphatic carbocycles. The molecule has 0 amide bonds. The first-order valence-corrected chi connectivity index (χ1v) is 19.5. The Morgan fingerprint density at radius 1 is 0.474 bits per heavy atom. The first kappa shape index (κ1) is 34.7. The minimum atomic E-state index is -1.07. The van der Waals surface area contributed by atoms with E-state index in [-0.39, 0.29) is 42.6 Å². The average molecular weight is 814 g/mol. The quantitative estimate of drug-likeness (QED) is 0.131. The number of allylic oxidation sites excluding steroid dienone is 1. The van der Waals surface area contributed by atoms with Crippen molar-refractivity contribution >= 4 is 44.4 Å². The van der Waals surface area contributed by atoms with Crippen LogP contribution < -0.4 is 9.97 Å². The number of aromatic hydroxyl groups is 1. The molecule has 282 valence electrons. The maximum Gasteiger partial charge on any atom is 2.00 e. The number of nitrogens with zero attached hydrogens (tertiary/aromatic N) is 4. The van der Waals surface area contributed by atoms with Gasteiger partial charge in [-0.3, -0.25) is 0 Å². The Morgan fingerprint density at radius 3 is 1.21 bits per heavy atom. The van der Waals surface area contributed by atoms with Crippen molar-refractivity contribution in [2.75, 3.05) is 0 Å². The van der Waals surface area contributed by atoms with Gasteiger partial charge >= 0.3 is 19.5 Å². The van der Waals surface area contributed by atoms with E-state index in [2.05, 4.69) is 0 Å². The summed E-state index contributed by atoms with van der Waals surface area (Å²) in [6.45, 7) is 0.